The van der Waals surface area contributed by atoms with Gasteiger partial charge in [-0.2, -0.15) is 0 Å². The number of carbonyl (C=O) groups is 2. The number of likely N-dealkylation sites (N-methyl/N-ethyl adjacent to an activating group) is 1. The van der Waals surface area contributed by atoms with Gasteiger partial charge in [0.25, 0.3) is 5.91 Å². The second kappa shape index (κ2) is 7.77. The molecule has 0 bridgehead atoms. The van der Waals surface area contributed by atoms with E-state index in [4.69, 9.17) is 0 Å². The third kappa shape index (κ3) is 4.07. The summed E-state index contributed by atoms with van der Waals surface area (Å²) in [6.07, 6.45) is 0. The molecule has 0 atom stereocenters. The van der Waals surface area contributed by atoms with Gasteiger partial charge >= 0.3 is 0 Å². The number of aromatic nitrogens is 2. The Morgan fingerprint density at radius 2 is 1.56 bits per heavy atom. The summed E-state index contributed by atoms with van der Waals surface area (Å²) in [5, 5.41) is 8.40. The molecule has 3 heterocycles. The molecular weight excluding hydrogens is 320 g/mol. The van der Waals surface area contributed by atoms with Crippen LogP contribution in [0, 0.1) is 0 Å². The first-order valence-corrected chi connectivity index (χ1v) is 8.94. The number of amides is 2. The Labute approximate surface area is 148 Å². The molecular formula is C17H26N6O2. The van der Waals surface area contributed by atoms with Crippen molar-refractivity contribution in [2.45, 2.75) is 13.8 Å². The quantitative estimate of drug-likeness (QED) is 0.762. The van der Waals surface area contributed by atoms with Crippen LogP contribution in [0.15, 0.2) is 12.1 Å². The zero-order chi connectivity index (χ0) is 17.8. The smallest absolute Gasteiger partial charge is 0.274 e. The number of nitrogens with zero attached hydrogens (tertiary/aromatic N) is 6. The molecule has 0 N–H and O–H groups in total. The Kier molecular flexibility index (Phi) is 5.47. The summed E-state index contributed by atoms with van der Waals surface area (Å²) in [5.41, 5.74) is 0.368. The monoisotopic (exact) mass is 346 g/mol. The van der Waals surface area contributed by atoms with Crippen molar-refractivity contribution in [2.75, 3.05) is 63.8 Å². The van der Waals surface area contributed by atoms with Gasteiger partial charge in [-0.05, 0) is 18.7 Å². The molecule has 3 rings (SSSR count). The normalized spacial score (nSPS) is 19.2. The maximum absolute atomic E-state index is 12.5. The maximum Gasteiger partial charge on any atom is 0.274 e. The van der Waals surface area contributed by atoms with Crippen molar-refractivity contribution < 1.29 is 9.59 Å². The third-order valence-corrected chi connectivity index (χ3v) is 5.03. The first-order chi connectivity index (χ1) is 12.1. The highest BCUT2D eigenvalue weighted by atomic mass is 16.2. The average molecular weight is 346 g/mol. The lowest BCUT2D eigenvalue weighted by Gasteiger charge is -2.35. The fourth-order valence-corrected chi connectivity index (χ4v) is 3.29. The predicted molar refractivity (Wildman–Crippen MR) is 94.5 cm³/mol. The summed E-state index contributed by atoms with van der Waals surface area (Å²) in [4.78, 5) is 32.0. The van der Waals surface area contributed by atoms with Crippen LogP contribution in [-0.2, 0) is 4.79 Å². The molecule has 25 heavy (non-hydrogen) atoms. The zero-order valence-electron chi connectivity index (χ0n) is 15.0. The molecule has 2 aliphatic rings. The van der Waals surface area contributed by atoms with Gasteiger partial charge in [0, 0.05) is 59.3 Å². The summed E-state index contributed by atoms with van der Waals surface area (Å²) in [6.45, 7) is 11.0. The third-order valence-electron chi connectivity index (χ3n) is 5.03. The Bertz CT molecular complexity index is 604. The molecule has 0 spiro atoms. The molecule has 2 saturated heterocycles. The van der Waals surface area contributed by atoms with Crippen LogP contribution in [0.25, 0.3) is 0 Å². The highest BCUT2D eigenvalue weighted by molar-refractivity contribution is 5.92. The van der Waals surface area contributed by atoms with Gasteiger partial charge in [0.1, 0.15) is 0 Å². The maximum atomic E-state index is 12.5. The van der Waals surface area contributed by atoms with E-state index in [1.807, 2.05) is 6.07 Å². The van der Waals surface area contributed by atoms with Crippen molar-refractivity contribution in [3.05, 3.63) is 17.8 Å². The van der Waals surface area contributed by atoms with Gasteiger partial charge in [-0.1, -0.05) is 6.92 Å². The number of carbonyl (C=O) groups excluding carboxylic acids is 2. The van der Waals surface area contributed by atoms with E-state index in [1.54, 1.807) is 22.8 Å². The first-order valence-electron chi connectivity index (χ1n) is 8.94. The minimum atomic E-state index is -0.113. The summed E-state index contributed by atoms with van der Waals surface area (Å²) in [5.74, 6) is 0.770. The summed E-state index contributed by atoms with van der Waals surface area (Å²) in [7, 11) is 0. The second-order valence-corrected chi connectivity index (χ2v) is 6.50. The van der Waals surface area contributed by atoms with E-state index in [0.29, 0.717) is 31.9 Å². The minimum Gasteiger partial charge on any atom is -0.353 e. The predicted octanol–water partition coefficient (Wildman–Crippen LogP) is -0.0772. The molecule has 0 aliphatic carbocycles. The Morgan fingerprint density at radius 3 is 2.08 bits per heavy atom. The van der Waals surface area contributed by atoms with Crippen molar-refractivity contribution in [3.63, 3.8) is 0 Å². The van der Waals surface area contributed by atoms with Gasteiger partial charge in [-0.15, -0.1) is 10.2 Å². The van der Waals surface area contributed by atoms with E-state index in [-0.39, 0.29) is 11.8 Å². The van der Waals surface area contributed by atoms with Crippen LogP contribution < -0.4 is 4.90 Å². The van der Waals surface area contributed by atoms with Crippen LogP contribution >= 0.6 is 0 Å². The molecule has 0 unspecified atom stereocenters. The summed E-state index contributed by atoms with van der Waals surface area (Å²) in [6, 6.07) is 3.64. The molecule has 0 saturated carbocycles. The molecule has 0 aromatic carbocycles. The number of piperazine rings is 2. The van der Waals surface area contributed by atoms with Gasteiger partial charge in [0.2, 0.25) is 5.91 Å². The largest absolute Gasteiger partial charge is 0.353 e. The topological polar surface area (TPSA) is 72.9 Å². The Hall–Kier alpha value is -2.22. The molecule has 8 heteroatoms. The summed E-state index contributed by atoms with van der Waals surface area (Å²) < 4.78 is 0. The standard InChI is InChI=1S/C17H26N6O2/c1-3-20-6-8-22(9-7-20)16-5-4-15(18-19-16)17(25)23-12-10-21(11-13-23)14(2)24/h4-5H,3,6-13H2,1-2H3. The van der Waals surface area contributed by atoms with Gasteiger partial charge in [0.15, 0.2) is 11.5 Å². The number of hydrogen-bond acceptors (Lipinski definition) is 6. The summed E-state index contributed by atoms with van der Waals surface area (Å²) >= 11 is 0. The van der Waals surface area contributed by atoms with Crippen LogP contribution in [0.2, 0.25) is 0 Å². The molecule has 2 fully saturated rings. The van der Waals surface area contributed by atoms with Crippen LogP contribution in [0.1, 0.15) is 24.3 Å². The van der Waals surface area contributed by atoms with Gasteiger partial charge in [-0.3, -0.25) is 9.59 Å². The number of hydrogen-bond donors (Lipinski definition) is 0. The molecule has 1 aromatic rings. The van der Waals surface area contributed by atoms with E-state index >= 15 is 0 Å². The average Bonchev–Trinajstić information content (AvgIpc) is 2.67. The van der Waals surface area contributed by atoms with Crippen LogP contribution in [0.5, 0.6) is 0 Å². The Balaban J connectivity index is 1.57. The van der Waals surface area contributed by atoms with Gasteiger partial charge < -0.3 is 19.6 Å². The molecule has 0 radical (unpaired) electrons. The molecule has 136 valence electrons. The van der Waals surface area contributed by atoms with Crippen molar-refractivity contribution >= 4 is 17.6 Å². The van der Waals surface area contributed by atoms with Gasteiger partial charge in [0.05, 0.1) is 0 Å². The van der Waals surface area contributed by atoms with E-state index in [2.05, 4.69) is 26.9 Å². The lowest BCUT2D eigenvalue weighted by atomic mass is 10.2. The molecule has 2 aliphatic heterocycles. The second-order valence-electron chi connectivity index (χ2n) is 6.50. The van der Waals surface area contributed by atoms with Crippen LogP contribution in [0.3, 0.4) is 0 Å². The van der Waals surface area contributed by atoms with Crippen LogP contribution in [0.4, 0.5) is 5.82 Å². The van der Waals surface area contributed by atoms with Gasteiger partial charge in [-0.25, -0.2) is 0 Å². The molecule has 1 aromatic heterocycles. The number of rotatable bonds is 3. The molecule has 2 amide bonds. The van der Waals surface area contributed by atoms with E-state index in [1.165, 1.54) is 0 Å². The highest BCUT2D eigenvalue weighted by Gasteiger charge is 2.24. The lowest BCUT2D eigenvalue weighted by molar-refractivity contribution is -0.130. The van der Waals surface area contributed by atoms with E-state index in [9.17, 15) is 9.59 Å². The lowest BCUT2D eigenvalue weighted by Crippen LogP contribution is -2.50. The van der Waals surface area contributed by atoms with E-state index < -0.39 is 0 Å². The van der Waals surface area contributed by atoms with Crippen molar-refractivity contribution in [2.24, 2.45) is 0 Å². The number of anilines is 1. The van der Waals surface area contributed by atoms with Crippen molar-refractivity contribution in [1.82, 2.24) is 24.9 Å². The SMILES string of the molecule is CCN1CCN(c2ccc(C(=O)N3CCN(C(C)=O)CC3)nn2)CC1. The fourth-order valence-electron chi connectivity index (χ4n) is 3.29. The Morgan fingerprint density at radius 1 is 0.920 bits per heavy atom. The van der Waals surface area contributed by atoms with Crippen LogP contribution in [-0.4, -0.2) is 95.6 Å². The first kappa shape index (κ1) is 17.6. The van der Waals surface area contributed by atoms with Crippen molar-refractivity contribution in [1.29, 1.82) is 0 Å². The van der Waals surface area contributed by atoms with E-state index in [0.717, 1.165) is 38.5 Å². The highest BCUT2D eigenvalue weighted by Crippen LogP contribution is 2.14. The van der Waals surface area contributed by atoms with Crippen molar-refractivity contribution in [3.8, 4) is 0 Å². The fraction of sp³-hybridized carbons (Fsp3) is 0.647. The molecule has 8 nitrogen and oxygen atoms in total. The minimum absolute atomic E-state index is 0.0550. The zero-order valence-corrected chi connectivity index (χ0v) is 15.0.